The third-order valence-electron chi connectivity index (χ3n) is 3.37. The predicted octanol–water partition coefficient (Wildman–Crippen LogP) is 4.54. The molecular weight excluding hydrogens is 376 g/mol. The molecule has 2 N–H and O–H groups in total. The summed E-state index contributed by atoms with van der Waals surface area (Å²) in [5.74, 6) is -0.176. The maximum Gasteiger partial charge on any atom is 0.264 e. The molecule has 0 bridgehead atoms. The molecule has 0 unspecified atom stereocenters. The Morgan fingerprint density at radius 1 is 1.16 bits per heavy atom. The van der Waals surface area contributed by atoms with Crippen LogP contribution in [0.25, 0.3) is 16.3 Å². The average Bonchev–Trinajstić information content (AvgIpc) is 3.18. The van der Waals surface area contributed by atoms with Crippen molar-refractivity contribution >= 4 is 67.2 Å². The Morgan fingerprint density at radius 3 is 2.76 bits per heavy atom. The molecular formula is C17H11ClN4OS2. The first-order valence-corrected chi connectivity index (χ1v) is 9.34. The monoisotopic (exact) mass is 386 g/mol. The van der Waals surface area contributed by atoms with Crippen LogP contribution in [-0.4, -0.2) is 16.1 Å². The Balaban J connectivity index is 1.49. The van der Waals surface area contributed by atoms with Crippen molar-refractivity contribution < 1.29 is 4.79 Å². The molecule has 0 spiro atoms. The van der Waals surface area contributed by atoms with Gasteiger partial charge in [-0.05, 0) is 47.7 Å². The van der Waals surface area contributed by atoms with Crippen molar-refractivity contribution in [3.8, 4) is 0 Å². The van der Waals surface area contributed by atoms with Crippen molar-refractivity contribution in [3.05, 3.63) is 64.0 Å². The molecule has 1 aromatic heterocycles. The summed E-state index contributed by atoms with van der Waals surface area (Å²) in [5.41, 5.74) is 4.73. The van der Waals surface area contributed by atoms with Gasteiger partial charge in [-0.1, -0.05) is 47.2 Å². The van der Waals surface area contributed by atoms with E-state index in [2.05, 4.69) is 20.8 Å². The van der Waals surface area contributed by atoms with Crippen LogP contribution >= 0.6 is 34.7 Å². The highest BCUT2D eigenvalue weighted by molar-refractivity contribution is 8.18. The summed E-state index contributed by atoms with van der Waals surface area (Å²) in [7, 11) is 0. The normalized spacial score (nSPS) is 17.4. The molecule has 5 nitrogen and oxygen atoms in total. The van der Waals surface area contributed by atoms with Gasteiger partial charge in [0.25, 0.3) is 5.91 Å². The minimum absolute atomic E-state index is 0.176. The van der Waals surface area contributed by atoms with E-state index in [1.54, 1.807) is 18.2 Å². The van der Waals surface area contributed by atoms with E-state index >= 15 is 0 Å². The summed E-state index contributed by atoms with van der Waals surface area (Å²) in [6.07, 6.45) is 1.80. The highest BCUT2D eigenvalue weighted by Crippen LogP contribution is 2.28. The van der Waals surface area contributed by atoms with E-state index in [4.69, 9.17) is 11.6 Å². The number of carbonyl (C=O) groups is 1. The van der Waals surface area contributed by atoms with Crippen LogP contribution in [0.4, 0.5) is 5.13 Å². The van der Waals surface area contributed by atoms with E-state index in [9.17, 15) is 4.79 Å². The van der Waals surface area contributed by atoms with Gasteiger partial charge in [-0.3, -0.25) is 15.5 Å². The molecule has 3 aromatic rings. The van der Waals surface area contributed by atoms with Crippen molar-refractivity contribution in [1.29, 1.82) is 0 Å². The van der Waals surface area contributed by atoms with Gasteiger partial charge in [0, 0.05) is 5.02 Å². The maximum absolute atomic E-state index is 12.1. The van der Waals surface area contributed by atoms with Gasteiger partial charge in [-0.15, -0.1) is 5.10 Å². The summed E-state index contributed by atoms with van der Waals surface area (Å²) >= 11 is 8.65. The first kappa shape index (κ1) is 16.1. The van der Waals surface area contributed by atoms with Gasteiger partial charge >= 0.3 is 0 Å². The van der Waals surface area contributed by atoms with Gasteiger partial charge in [-0.25, -0.2) is 4.98 Å². The highest BCUT2D eigenvalue weighted by Gasteiger charge is 2.24. The lowest BCUT2D eigenvalue weighted by molar-refractivity contribution is -0.115. The molecule has 25 heavy (non-hydrogen) atoms. The number of fused-ring (bicyclic) bond motifs is 1. The number of para-hydroxylation sites is 1. The molecule has 0 aliphatic carbocycles. The number of thioether (sulfide) groups is 1. The van der Waals surface area contributed by atoms with Crippen LogP contribution in [0.2, 0.25) is 5.02 Å². The molecule has 2 heterocycles. The van der Waals surface area contributed by atoms with Gasteiger partial charge < -0.3 is 0 Å². The number of hydrogen-bond acceptors (Lipinski definition) is 6. The van der Waals surface area contributed by atoms with Crippen LogP contribution in [0, 0.1) is 0 Å². The average molecular weight is 387 g/mol. The minimum atomic E-state index is -0.176. The minimum Gasteiger partial charge on any atom is -0.299 e. The third kappa shape index (κ3) is 3.68. The van der Waals surface area contributed by atoms with Gasteiger partial charge in [-0.2, -0.15) is 0 Å². The van der Waals surface area contributed by atoms with Crippen LogP contribution in [0.1, 0.15) is 5.56 Å². The topological polar surface area (TPSA) is 66.4 Å². The number of benzene rings is 2. The molecule has 0 radical (unpaired) electrons. The number of anilines is 1. The molecule has 1 fully saturated rings. The fraction of sp³-hybridized carbons (Fsp3) is 0. The molecule has 0 atom stereocenters. The van der Waals surface area contributed by atoms with Crippen LogP contribution in [0.3, 0.4) is 0 Å². The Labute approximate surface area is 156 Å². The number of rotatable bonds is 3. The highest BCUT2D eigenvalue weighted by atomic mass is 35.5. The van der Waals surface area contributed by atoms with Crippen LogP contribution in [-0.2, 0) is 4.79 Å². The smallest absolute Gasteiger partial charge is 0.264 e. The molecule has 8 heteroatoms. The number of amidine groups is 1. The standard InChI is InChI=1S/C17H11ClN4OS2/c18-11-7-5-10(6-8-11)9-14-15(23)20-17(25-14)22-21-16-19-12-3-1-2-4-13(12)24-16/h1-9H,(H,19,21)(H,20,22,23)/b14-9+. The second kappa shape index (κ2) is 6.87. The van der Waals surface area contributed by atoms with E-state index in [1.807, 2.05) is 36.4 Å². The Kier molecular flexibility index (Phi) is 4.44. The van der Waals surface area contributed by atoms with Gasteiger partial charge in [0.2, 0.25) is 5.13 Å². The summed E-state index contributed by atoms with van der Waals surface area (Å²) < 4.78 is 1.08. The SMILES string of the molecule is O=C1N/C(=N/Nc2nc3ccccc3s2)S/C1=C/c1ccc(Cl)cc1. The van der Waals surface area contributed by atoms with Gasteiger partial charge in [0.15, 0.2) is 5.17 Å². The second-order valence-corrected chi connectivity index (χ2v) is 7.63. The van der Waals surface area contributed by atoms with Crippen LogP contribution in [0.15, 0.2) is 58.5 Å². The van der Waals surface area contributed by atoms with Gasteiger partial charge in [0.05, 0.1) is 15.1 Å². The first-order chi connectivity index (χ1) is 12.2. The van der Waals surface area contributed by atoms with Crippen molar-refractivity contribution in [3.63, 3.8) is 0 Å². The molecule has 0 saturated carbocycles. The lowest BCUT2D eigenvalue weighted by Gasteiger charge is -1.95. The summed E-state index contributed by atoms with van der Waals surface area (Å²) in [5, 5.41) is 8.79. The molecule has 1 aliphatic heterocycles. The lowest BCUT2D eigenvalue weighted by atomic mass is 10.2. The van der Waals surface area contributed by atoms with Crippen molar-refractivity contribution in [2.75, 3.05) is 5.43 Å². The fourth-order valence-electron chi connectivity index (χ4n) is 2.21. The zero-order valence-corrected chi connectivity index (χ0v) is 15.1. The third-order valence-corrected chi connectivity index (χ3v) is 5.47. The van der Waals surface area contributed by atoms with E-state index in [-0.39, 0.29) is 5.91 Å². The summed E-state index contributed by atoms with van der Waals surface area (Å²) in [6.45, 7) is 0. The van der Waals surface area contributed by atoms with E-state index < -0.39 is 0 Å². The molecule has 1 amide bonds. The number of aromatic nitrogens is 1. The number of nitrogens with one attached hydrogen (secondary N) is 2. The maximum atomic E-state index is 12.1. The Bertz CT molecular complexity index is 978. The van der Waals surface area contributed by atoms with Gasteiger partial charge in [0.1, 0.15) is 0 Å². The Morgan fingerprint density at radius 2 is 1.96 bits per heavy atom. The number of nitrogens with zero attached hydrogens (tertiary/aromatic N) is 2. The predicted molar refractivity (Wildman–Crippen MR) is 106 cm³/mol. The van der Waals surface area contributed by atoms with E-state index in [1.165, 1.54) is 23.1 Å². The number of halogens is 1. The van der Waals surface area contributed by atoms with Crippen molar-refractivity contribution in [2.45, 2.75) is 0 Å². The number of hydrogen-bond donors (Lipinski definition) is 2. The summed E-state index contributed by atoms with van der Waals surface area (Å²) in [6, 6.07) is 15.2. The zero-order chi connectivity index (χ0) is 17.2. The molecule has 1 aliphatic rings. The van der Waals surface area contributed by atoms with E-state index in [0.717, 1.165) is 15.8 Å². The number of thiazole rings is 1. The zero-order valence-electron chi connectivity index (χ0n) is 12.7. The number of hydrazone groups is 1. The first-order valence-electron chi connectivity index (χ1n) is 7.33. The molecule has 124 valence electrons. The number of carbonyl (C=O) groups excluding carboxylic acids is 1. The van der Waals surface area contributed by atoms with Crippen LogP contribution < -0.4 is 10.7 Å². The van der Waals surface area contributed by atoms with E-state index in [0.29, 0.717) is 20.2 Å². The fourth-order valence-corrected chi connectivity index (χ4v) is 3.93. The summed E-state index contributed by atoms with van der Waals surface area (Å²) in [4.78, 5) is 17.1. The van der Waals surface area contributed by atoms with Crippen molar-refractivity contribution in [2.24, 2.45) is 5.10 Å². The molecule has 4 rings (SSSR count). The lowest BCUT2D eigenvalue weighted by Crippen LogP contribution is -2.20. The molecule has 1 saturated heterocycles. The van der Waals surface area contributed by atoms with Crippen molar-refractivity contribution in [1.82, 2.24) is 10.3 Å². The largest absolute Gasteiger partial charge is 0.299 e. The number of amides is 1. The van der Waals surface area contributed by atoms with Crippen LogP contribution in [0.5, 0.6) is 0 Å². The quantitative estimate of drug-likeness (QED) is 0.512. The second-order valence-electron chi connectivity index (χ2n) is 5.13. The molecule has 2 aromatic carbocycles. The Hall–Kier alpha value is -2.35.